The van der Waals surface area contributed by atoms with E-state index in [0.717, 1.165) is 10.2 Å². The Morgan fingerprint density at radius 3 is 2.82 bits per heavy atom. The van der Waals surface area contributed by atoms with Gasteiger partial charge in [0.1, 0.15) is 5.75 Å². The lowest BCUT2D eigenvalue weighted by molar-refractivity contribution is 0.474. The lowest BCUT2D eigenvalue weighted by atomic mass is 10.2. The lowest BCUT2D eigenvalue weighted by Crippen LogP contribution is -2.01. The molecule has 0 atom stereocenters. The van der Waals surface area contributed by atoms with E-state index in [9.17, 15) is 5.11 Å². The molecule has 7 nitrogen and oxygen atoms in total. The van der Waals surface area contributed by atoms with Crippen LogP contribution in [0.3, 0.4) is 0 Å². The topological polar surface area (TPSA) is 88.2 Å². The van der Waals surface area contributed by atoms with Gasteiger partial charge in [-0.05, 0) is 40.8 Å². The lowest BCUT2D eigenvalue weighted by Gasteiger charge is -2.03. The first-order chi connectivity index (χ1) is 10.7. The van der Waals surface area contributed by atoms with Gasteiger partial charge in [0.2, 0.25) is 0 Å². The number of hydrogen-bond acceptors (Lipinski definition) is 6. The van der Waals surface area contributed by atoms with Crippen LogP contribution in [0.4, 0.5) is 11.6 Å². The van der Waals surface area contributed by atoms with E-state index in [0.29, 0.717) is 11.5 Å². The fourth-order valence-electron chi connectivity index (χ4n) is 1.73. The zero-order valence-electron chi connectivity index (χ0n) is 11.3. The maximum absolute atomic E-state index is 9.78. The van der Waals surface area contributed by atoms with Gasteiger partial charge in [0, 0.05) is 15.7 Å². The van der Waals surface area contributed by atoms with Crippen molar-refractivity contribution in [1.29, 1.82) is 0 Å². The summed E-state index contributed by atoms with van der Waals surface area (Å²) in [4.78, 5) is 1.24. The van der Waals surface area contributed by atoms with E-state index in [-0.39, 0.29) is 5.75 Å². The number of nitrogens with zero attached hydrogens (tertiary/aromatic N) is 5. The number of benzene rings is 2. The van der Waals surface area contributed by atoms with E-state index in [4.69, 9.17) is 0 Å². The zero-order valence-corrected chi connectivity index (χ0v) is 12.8. The molecule has 3 rings (SSSR count). The molecule has 0 bridgehead atoms. The average Bonchev–Trinajstić information content (AvgIpc) is 2.96. The van der Waals surface area contributed by atoms with Gasteiger partial charge in [-0.15, -0.1) is 0 Å². The van der Waals surface area contributed by atoms with E-state index < -0.39 is 0 Å². The van der Waals surface area contributed by atoms with Crippen molar-refractivity contribution in [3.63, 3.8) is 0 Å². The number of para-hydroxylation sites is 1. The van der Waals surface area contributed by atoms with Crippen LogP contribution in [0.5, 0.6) is 5.75 Å². The van der Waals surface area contributed by atoms with Gasteiger partial charge in [0.05, 0.1) is 6.21 Å². The summed E-state index contributed by atoms with van der Waals surface area (Å²) in [6, 6.07) is 14.6. The van der Waals surface area contributed by atoms with Crippen LogP contribution in [0.15, 0.2) is 58.1 Å². The maximum atomic E-state index is 9.78. The third-order valence-electron chi connectivity index (χ3n) is 2.78. The molecule has 2 aromatic carbocycles. The first-order valence-electron chi connectivity index (χ1n) is 6.36. The van der Waals surface area contributed by atoms with E-state index in [2.05, 4.69) is 41.9 Å². The number of aromatic hydroxyl groups is 1. The molecule has 0 spiro atoms. The molecule has 3 aromatic rings. The van der Waals surface area contributed by atoms with Gasteiger partial charge >= 0.3 is 0 Å². The summed E-state index contributed by atoms with van der Waals surface area (Å²) >= 11 is 3.34. The number of rotatable bonds is 4. The Morgan fingerprint density at radius 2 is 2.00 bits per heavy atom. The summed E-state index contributed by atoms with van der Waals surface area (Å²) in [6.45, 7) is 0. The average molecular weight is 359 g/mol. The minimum absolute atomic E-state index is 0.123. The van der Waals surface area contributed by atoms with Crippen LogP contribution in [0, 0.1) is 0 Å². The van der Waals surface area contributed by atoms with Crippen molar-refractivity contribution < 1.29 is 5.11 Å². The molecule has 0 aliphatic rings. The van der Waals surface area contributed by atoms with E-state index >= 15 is 0 Å². The van der Waals surface area contributed by atoms with Crippen LogP contribution in [0.25, 0.3) is 0 Å². The normalized spacial score (nSPS) is 11.0. The second kappa shape index (κ2) is 6.35. The molecule has 0 radical (unpaired) electrons. The smallest absolute Gasteiger partial charge is 0.269 e. The monoisotopic (exact) mass is 358 g/mol. The van der Waals surface area contributed by atoms with Crippen molar-refractivity contribution in [1.82, 2.24) is 20.3 Å². The minimum atomic E-state index is 0.123. The second-order valence-electron chi connectivity index (χ2n) is 4.33. The number of tetrazole rings is 1. The third-order valence-corrected chi connectivity index (χ3v) is 3.27. The van der Waals surface area contributed by atoms with Gasteiger partial charge in [-0.2, -0.15) is 5.10 Å². The van der Waals surface area contributed by atoms with Crippen molar-refractivity contribution in [2.24, 2.45) is 5.10 Å². The summed E-state index contributed by atoms with van der Waals surface area (Å²) in [5.74, 6) is 0.495. The molecule has 0 unspecified atom stereocenters. The van der Waals surface area contributed by atoms with Gasteiger partial charge < -0.3 is 10.4 Å². The molecule has 2 N–H and O–H groups in total. The zero-order chi connectivity index (χ0) is 15.4. The van der Waals surface area contributed by atoms with Crippen molar-refractivity contribution in [3.05, 3.63) is 58.6 Å². The summed E-state index contributed by atoms with van der Waals surface area (Å²) in [5, 5.41) is 28.2. The number of aromatic nitrogens is 4. The fourth-order valence-corrected chi connectivity index (χ4v) is 2.11. The van der Waals surface area contributed by atoms with Crippen LogP contribution in [0.2, 0.25) is 0 Å². The molecule has 0 fully saturated rings. The molecule has 0 amide bonds. The molecule has 0 aliphatic carbocycles. The van der Waals surface area contributed by atoms with E-state index in [1.165, 1.54) is 11.0 Å². The maximum Gasteiger partial charge on any atom is 0.269 e. The molecule has 1 aromatic heterocycles. The number of phenols is 1. The number of halogens is 1. The SMILES string of the molecule is Oc1ccc(Br)cc1C=Nn1nnnc1Nc1ccccc1. The standard InChI is InChI=1S/C14H11BrN6O/c15-11-6-7-13(22)10(8-11)9-16-21-14(18-19-20-21)17-12-4-2-1-3-5-12/h1-9,22H,(H,17,18,20). The molecule has 8 heteroatoms. The van der Waals surface area contributed by atoms with Gasteiger partial charge in [-0.25, -0.2) is 0 Å². The number of anilines is 2. The summed E-state index contributed by atoms with van der Waals surface area (Å²) in [6.07, 6.45) is 1.48. The number of phenolic OH excluding ortho intramolecular Hbond substituents is 1. The van der Waals surface area contributed by atoms with Gasteiger partial charge in [0.15, 0.2) is 0 Å². The van der Waals surface area contributed by atoms with Gasteiger partial charge in [-0.3, -0.25) is 0 Å². The number of nitrogens with one attached hydrogen (secondary N) is 1. The van der Waals surface area contributed by atoms with Crippen LogP contribution in [-0.2, 0) is 0 Å². The Labute approximate surface area is 134 Å². The highest BCUT2D eigenvalue weighted by molar-refractivity contribution is 9.10. The molecule has 0 saturated carbocycles. The van der Waals surface area contributed by atoms with Crippen LogP contribution in [-0.4, -0.2) is 31.6 Å². The van der Waals surface area contributed by atoms with E-state index in [1.54, 1.807) is 18.2 Å². The van der Waals surface area contributed by atoms with Crippen LogP contribution < -0.4 is 5.32 Å². The predicted octanol–water partition coefficient (Wildman–Crippen LogP) is 2.77. The third kappa shape index (κ3) is 3.29. The molecular weight excluding hydrogens is 348 g/mol. The fraction of sp³-hybridized carbons (Fsp3) is 0. The van der Waals surface area contributed by atoms with E-state index in [1.807, 2.05) is 30.3 Å². The minimum Gasteiger partial charge on any atom is -0.507 e. The summed E-state index contributed by atoms with van der Waals surface area (Å²) in [5.41, 5.74) is 1.40. The van der Waals surface area contributed by atoms with Gasteiger partial charge in [-0.1, -0.05) is 44.0 Å². The van der Waals surface area contributed by atoms with Crippen molar-refractivity contribution in [2.75, 3.05) is 5.32 Å². The molecule has 0 saturated heterocycles. The largest absolute Gasteiger partial charge is 0.507 e. The van der Waals surface area contributed by atoms with Crippen molar-refractivity contribution >= 4 is 33.8 Å². The summed E-state index contributed by atoms with van der Waals surface area (Å²) < 4.78 is 0.839. The van der Waals surface area contributed by atoms with Crippen LogP contribution >= 0.6 is 15.9 Å². The Kier molecular flexibility index (Phi) is 4.10. The first-order valence-corrected chi connectivity index (χ1v) is 7.15. The molecule has 110 valence electrons. The Morgan fingerprint density at radius 1 is 1.18 bits per heavy atom. The molecule has 1 heterocycles. The quantitative estimate of drug-likeness (QED) is 0.700. The summed E-state index contributed by atoms with van der Waals surface area (Å²) in [7, 11) is 0. The Bertz CT molecular complexity index is 802. The van der Waals surface area contributed by atoms with Crippen molar-refractivity contribution in [2.45, 2.75) is 0 Å². The first kappa shape index (κ1) is 14.2. The Hall–Kier alpha value is -2.74. The molecule has 22 heavy (non-hydrogen) atoms. The molecular formula is C14H11BrN6O. The highest BCUT2D eigenvalue weighted by Crippen LogP contribution is 2.20. The Balaban J connectivity index is 1.83. The van der Waals surface area contributed by atoms with Gasteiger partial charge in [0.25, 0.3) is 5.95 Å². The molecule has 0 aliphatic heterocycles. The second-order valence-corrected chi connectivity index (χ2v) is 5.25. The van der Waals surface area contributed by atoms with Crippen LogP contribution in [0.1, 0.15) is 5.56 Å². The highest BCUT2D eigenvalue weighted by Gasteiger charge is 2.05. The highest BCUT2D eigenvalue weighted by atomic mass is 79.9. The number of hydrogen-bond donors (Lipinski definition) is 2. The predicted molar refractivity (Wildman–Crippen MR) is 86.3 cm³/mol. The van der Waals surface area contributed by atoms with Crippen molar-refractivity contribution in [3.8, 4) is 5.75 Å².